The molecule has 21 heavy (non-hydrogen) atoms. The van der Waals surface area contributed by atoms with E-state index in [0.29, 0.717) is 22.9 Å². The Hall–Kier alpha value is -1.80. The van der Waals surface area contributed by atoms with Gasteiger partial charge in [-0.2, -0.15) is 8.42 Å². The predicted molar refractivity (Wildman–Crippen MR) is 84.9 cm³/mol. The maximum absolute atomic E-state index is 12.2. The Labute approximate surface area is 130 Å². The Morgan fingerprint density at radius 1 is 1.43 bits per heavy atom. The second kappa shape index (κ2) is 7.84. The van der Waals surface area contributed by atoms with Crippen LogP contribution >= 0.6 is 12.2 Å². The first-order chi connectivity index (χ1) is 9.88. The quantitative estimate of drug-likeness (QED) is 0.850. The van der Waals surface area contributed by atoms with Crippen LogP contribution < -0.4 is 5.32 Å². The molecule has 0 aromatic heterocycles. The smallest absolute Gasteiger partial charge is 0.316 e. The zero-order valence-electron chi connectivity index (χ0n) is 12.1. The molecule has 1 N–H and O–H groups in total. The van der Waals surface area contributed by atoms with Crippen molar-refractivity contribution in [3.63, 3.8) is 0 Å². The molecule has 1 aromatic rings. The van der Waals surface area contributed by atoms with Gasteiger partial charge in [0.15, 0.2) is 5.11 Å². The molecule has 0 spiro atoms. The van der Waals surface area contributed by atoms with E-state index in [1.54, 1.807) is 32.2 Å². The molecule has 0 aliphatic rings. The average Bonchev–Trinajstić information content (AvgIpc) is 2.42. The van der Waals surface area contributed by atoms with Crippen molar-refractivity contribution in [2.75, 3.05) is 13.6 Å². The van der Waals surface area contributed by atoms with Gasteiger partial charge in [0.25, 0.3) is 0 Å². The van der Waals surface area contributed by atoms with Crippen molar-refractivity contribution < 1.29 is 13.2 Å². The fraction of sp³-hybridized carbons (Fsp3) is 0.385. The summed E-state index contributed by atoms with van der Waals surface area (Å²) in [5.41, 5.74) is 1.76. The third-order valence-corrected chi connectivity index (χ3v) is 3.65. The highest BCUT2D eigenvalue weighted by atomic mass is 32.2. The zero-order chi connectivity index (χ0) is 16.0. The van der Waals surface area contributed by atoms with Gasteiger partial charge in [0.2, 0.25) is 5.91 Å². The molecule has 1 aromatic carbocycles. The van der Waals surface area contributed by atoms with Crippen molar-refractivity contribution >= 4 is 39.4 Å². The van der Waals surface area contributed by atoms with Gasteiger partial charge >= 0.3 is 10.5 Å². The number of benzene rings is 1. The van der Waals surface area contributed by atoms with Gasteiger partial charge < -0.3 is 5.32 Å². The van der Waals surface area contributed by atoms with Crippen molar-refractivity contribution in [1.82, 2.24) is 10.2 Å². The van der Waals surface area contributed by atoms with E-state index in [0.717, 1.165) is 5.56 Å². The number of nitrogens with zero attached hydrogens (tertiary/aromatic N) is 2. The number of thiocarbonyl (C=S) groups is 1. The Morgan fingerprint density at radius 3 is 2.62 bits per heavy atom. The molecule has 0 saturated carbocycles. The SMILES string of the molecule is CCN(C(=O)Cc1ccc(C)c(N=S(=O)=O)c1)C(=S)NC. The summed E-state index contributed by atoms with van der Waals surface area (Å²) in [6.07, 6.45) is 0.129. The lowest BCUT2D eigenvalue weighted by Gasteiger charge is -2.21. The maximum Gasteiger partial charge on any atom is 0.316 e. The minimum Gasteiger partial charge on any atom is -0.365 e. The van der Waals surface area contributed by atoms with Crippen LogP contribution in [0.2, 0.25) is 0 Å². The van der Waals surface area contributed by atoms with Crippen LogP contribution in [0.15, 0.2) is 22.6 Å². The standard InChI is InChI=1S/C13H17N3O3S2/c1-4-16(13(20)14-3)12(17)8-10-6-5-9(2)11(7-10)15-21(18)19/h5-7H,4,8H2,1-3H3,(H,14,20). The number of amides is 1. The summed E-state index contributed by atoms with van der Waals surface area (Å²) in [5.74, 6) is -0.158. The fourth-order valence-electron chi connectivity index (χ4n) is 1.78. The van der Waals surface area contributed by atoms with Crippen molar-refractivity contribution in [2.45, 2.75) is 20.3 Å². The predicted octanol–water partition coefficient (Wildman–Crippen LogP) is 1.58. The zero-order valence-corrected chi connectivity index (χ0v) is 13.7. The molecule has 0 fully saturated rings. The summed E-state index contributed by atoms with van der Waals surface area (Å²) < 4.78 is 24.8. The van der Waals surface area contributed by atoms with Gasteiger partial charge in [0.1, 0.15) is 0 Å². The maximum atomic E-state index is 12.2. The molecule has 8 heteroatoms. The van der Waals surface area contributed by atoms with Crippen LogP contribution in [0, 0.1) is 6.92 Å². The molecule has 0 aliphatic heterocycles. The summed E-state index contributed by atoms with van der Waals surface area (Å²) in [5, 5.41) is 3.13. The Morgan fingerprint density at radius 2 is 2.10 bits per heavy atom. The topological polar surface area (TPSA) is 78.8 Å². The minimum absolute atomic E-state index is 0.129. The number of nitrogens with one attached hydrogen (secondary N) is 1. The van der Waals surface area contributed by atoms with Crippen molar-refractivity contribution in [3.8, 4) is 0 Å². The molecule has 1 amide bonds. The van der Waals surface area contributed by atoms with Gasteiger partial charge in [-0.3, -0.25) is 9.69 Å². The summed E-state index contributed by atoms with van der Waals surface area (Å²) >= 11 is 5.07. The van der Waals surface area contributed by atoms with Crippen molar-refractivity contribution in [1.29, 1.82) is 0 Å². The molecular weight excluding hydrogens is 310 g/mol. The molecule has 0 unspecified atom stereocenters. The van der Waals surface area contributed by atoms with Gasteiger partial charge in [-0.15, -0.1) is 4.36 Å². The van der Waals surface area contributed by atoms with Crippen LogP contribution in [0.5, 0.6) is 0 Å². The molecular formula is C13H17N3O3S2. The summed E-state index contributed by atoms with van der Waals surface area (Å²) in [4.78, 5) is 13.7. The first kappa shape index (κ1) is 17.3. The third kappa shape index (κ3) is 4.91. The molecule has 1 rings (SSSR count). The van der Waals surface area contributed by atoms with E-state index < -0.39 is 10.5 Å². The first-order valence-corrected chi connectivity index (χ1v) is 7.75. The van der Waals surface area contributed by atoms with E-state index in [1.807, 2.05) is 6.92 Å². The number of carbonyl (C=O) groups excluding carboxylic acids is 1. The molecule has 0 saturated heterocycles. The lowest BCUT2D eigenvalue weighted by molar-refractivity contribution is -0.126. The molecule has 0 atom stereocenters. The van der Waals surface area contributed by atoms with Crippen LogP contribution in [0.1, 0.15) is 18.1 Å². The third-order valence-electron chi connectivity index (χ3n) is 2.88. The molecule has 6 nitrogen and oxygen atoms in total. The first-order valence-electron chi connectivity index (χ1n) is 6.31. The van der Waals surface area contributed by atoms with Crippen LogP contribution in [0.25, 0.3) is 0 Å². The molecule has 114 valence electrons. The van der Waals surface area contributed by atoms with E-state index >= 15 is 0 Å². The van der Waals surface area contributed by atoms with Gasteiger partial charge in [0.05, 0.1) is 12.1 Å². The van der Waals surface area contributed by atoms with Gasteiger partial charge in [-0.1, -0.05) is 12.1 Å². The average molecular weight is 327 g/mol. The number of hydrogen-bond acceptors (Lipinski definition) is 5. The summed E-state index contributed by atoms with van der Waals surface area (Å²) in [6, 6.07) is 5.11. The Kier molecular flexibility index (Phi) is 6.44. The Bertz CT molecular complexity index is 676. The van der Waals surface area contributed by atoms with Crippen LogP contribution in [-0.4, -0.2) is 37.9 Å². The number of carbonyl (C=O) groups is 1. The lowest BCUT2D eigenvalue weighted by Crippen LogP contribution is -2.42. The van der Waals surface area contributed by atoms with Gasteiger partial charge in [-0.25, -0.2) is 0 Å². The van der Waals surface area contributed by atoms with Crippen LogP contribution in [0.4, 0.5) is 5.69 Å². The Balaban J connectivity index is 3.00. The van der Waals surface area contributed by atoms with Gasteiger partial charge in [-0.05, 0) is 43.3 Å². The fourth-order valence-corrected chi connectivity index (χ4v) is 2.37. The molecule has 0 heterocycles. The second-order valence-electron chi connectivity index (χ2n) is 4.30. The van der Waals surface area contributed by atoms with E-state index in [-0.39, 0.29) is 12.3 Å². The van der Waals surface area contributed by atoms with Crippen molar-refractivity contribution in [2.24, 2.45) is 4.36 Å². The van der Waals surface area contributed by atoms with E-state index in [2.05, 4.69) is 9.68 Å². The minimum atomic E-state index is -2.52. The highest BCUT2D eigenvalue weighted by Gasteiger charge is 2.16. The number of rotatable bonds is 4. The normalized spacial score (nSPS) is 9.86. The second-order valence-corrected chi connectivity index (χ2v) is 5.30. The molecule has 0 radical (unpaired) electrons. The largest absolute Gasteiger partial charge is 0.365 e. The van der Waals surface area contributed by atoms with Gasteiger partial charge in [0, 0.05) is 13.6 Å². The van der Waals surface area contributed by atoms with E-state index in [4.69, 9.17) is 12.2 Å². The summed E-state index contributed by atoms with van der Waals surface area (Å²) in [6.45, 7) is 4.05. The summed E-state index contributed by atoms with van der Waals surface area (Å²) in [7, 11) is -0.861. The number of likely N-dealkylation sites (N-methyl/N-ethyl adjacent to an activating group) is 1. The lowest BCUT2D eigenvalue weighted by atomic mass is 10.1. The van der Waals surface area contributed by atoms with Crippen molar-refractivity contribution in [3.05, 3.63) is 29.3 Å². The number of aryl methyl sites for hydroxylation is 1. The highest BCUT2D eigenvalue weighted by Crippen LogP contribution is 2.20. The van der Waals surface area contributed by atoms with E-state index in [9.17, 15) is 13.2 Å². The monoisotopic (exact) mass is 327 g/mol. The molecule has 0 aliphatic carbocycles. The van der Waals surface area contributed by atoms with E-state index in [1.165, 1.54) is 4.90 Å². The van der Waals surface area contributed by atoms with Crippen LogP contribution in [-0.2, 0) is 21.7 Å². The molecule has 0 bridgehead atoms. The van der Waals surface area contributed by atoms with Crippen LogP contribution in [0.3, 0.4) is 0 Å². The highest BCUT2D eigenvalue weighted by molar-refractivity contribution is 7.80. The number of hydrogen-bond donors (Lipinski definition) is 1.